The molecule has 0 atom stereocenters. The minimum absolute atomic E-state index is 0.146. The molecule has 0 unspecified atom stereocenters. The van der Waals surface area contributed by atoms with Crippen LogP contribution in [0.2, 0.25) is 5.02 Å². The average molecular weight is 252 g/mol. The molecule has 0 saturated carbocycles. The minimum atomic E-state index is -4.46. The molecule has 8 heteroatoms. The number of hydrogen-bond acceptors (Lipinski definition) is 4. The van der Waals surface area contributed by atoms with Gasteiger partial charge in [0, 0.05) is 6.07 Å². The first kappa shape index (κ1) is 11.9. The molecule has 6 nitrogen and oxygen atoms in total. The van der Waals surface area contributed by atoms with Gasteiger partial charge in [-0.05, 0) is 18.6 Å². The van der Waals surface area contributed by atoms with Gasteiger partial charge in [-0.15, -0.1) is 0 Å². The predicted octanol–water partition coefficient (Wildman–Crippen LogP) is 1.80. The van der Waals surface area contributed by atoms with E-state index in [2.05, 4.69) is 0 Å². The second kappa shape index (κ2) is 3.76. The van der Waals surface area contributed by atoms with Crippen molar-refractivity contribution in [3.8, 4) is 0 Å². The fourth-order valence-electron chi connectivity index (χ4n) is 1.00. The molecule has 0 fully saturated rings. The van der Waals surface area contributed by atoms with Crippen LogP contribution in [0.4, 0.5) is 5.69 Å². The lowest BCUT2D eigenvalue weighted by Crippen LogP contribution is -2.01. The van der Waals surface area contributed by atoms with Crippen molar-refractivity contribution in [3.63, 3.8) is 0 Å². The quantitative estimate of drug-likeness (QED) is 0.491. The number of aryl methyl sites for hydroxylation is 1. The van der Waals surface area contributed by atoms with Crippen molar-refractivity contribution in [1.82, 2.24) is 0 Å². The molecular weight excluding hydrogens is 246 g/mol. The molecule has 0 aliphatic rings. The zero-order valence-corrected chi connectivity index (χ0v) is 9.04. The molecule has 1 aromatic carbocycles. The van der Waals surface area contributed by atoms with Crippen LogP contribution < -0.4 is 0 Å². The van der Waals surface area contributed by atoms with Crippen LogP contribution in [0.25, 0.3) is 0 Å². The van der Waals surface area contributed by atoms with Gasteiger partial charge in [-0.25, -0.2) is 0 Å². The molecular formula is C7H6ClNO5S. The highest BCUT2D eigenvalue weighted by molar-refractivity contribution is 7.85. The van der Waals surface area contributed by atoms with E-state index in [0.29, 0.717) is 6.07 Å². The van der Waals surface area contributed by atoms with Gasteiger partial charge in [0.15, 0.2) is 0 Å². The molecule has 0 spiro atoms. The minimum Gasteiger partial charge on any atom is -0.282 e. The van der Waals surface area contributed by atoms with Crippen LogP contribution in [0.5, 0.6) is 0 Å². The Morgan fingerprint density at radius 1 is 1.47 bits per heavy atom. The van der Waals surface area contributed by atoms with E-state index in [4.69, 9.17) is 16.2 Å². The summed E-state index contributed by atoms with van der Waals surface area (Å²) in [4.78, 5) is 9.14. The van der Waals surface area contributed by atoms with Gasteiger partial charge in [-0.3, -0.25) is 14.7 Å². The summed E-state index contributed by atoms with van der Waals surface area (Å²) in [6.45, 7) is 1.41. The molecule has 1 N–H and O–H groups in total. The van der Waals surface area contributed by atoms with Crippen molar-refractivity contribution >= 4 is 27.4 Å². The first-order valence-electron chi connectivity index (χ1n) is 3.65. The van der Waals surface area contributed by atoms with Gasteiger partial charge in [-0.2, -0.15) is 8.42 Å². The lowest BCUT2D eigenvalue weighted by atomic mass is 10.2. The van der Waals surface area contributed by atoms with Crippen LogP contribution in [-0.2, 0) is 10.1 Å². The topological polar surface area (TPSA) is 97.5 Å². The number of halogens is 1. The zero-order chi connectivity index (χ0) is 11.8. The highest BCUT2D eigenvalue weighted by Crippen LogP contribution is 2.30. The van der Waals surface area contributed by atoms with Crippen molar-refractivity contribution in [3.05, 3.63) is 32.8 Å². The van der Waals surface area contributed by atoms with E-state index in [9.17, 15) is 18.5 Å². The fraction of sp³-hybridized carbons (Fsp3) is 0.143. The Hall–Kier alpha value is -1.18. The summed E-state index contributed by atoms with van der Waals surface area (Å²) in [6, 6.07) is 1.77. The van der Waals surface area contributed by atoms with E-state index in [-0.39, 0.29) is 10.6 Å². The zero-order valence-electron chi connectivity index (χ0n) is 7.47. The third-order valence-electron chi connectivity index (χ3n) is 1.70. The summed E-state index contributed by atoms with van der Waals surface area (Å²) >= 11 is 5.59. The maximum Gasteiger partial charge on any atom is 0.294 e. The van der Waals surface area contributed by atoms with E-state index < -0.39 is 25.6 Å². The van der Waals surface area contributed by atoms with Gasteiger partial charge < -0.3 is 0 Å². The van der Waals surface area contributed by atoms with Gasteiger partial charge >= 0.3 is 0 Å². The van der Waals surface area contributed by atoms with Crippen molar-refractivity contribution in [1.29, 1.82) is 0 Å². The number of nitro groups is 1. The summed E-state index contributed by atoms with van der Waals surface area (Å²) in [6.07, 6.45) is 0. The predicted molar refractivity (Wildman–Crippen MR) is 52.7 cm³/mol. The van der Waals surface area contributed by atoms with Gasteiger partial charge in [0.1, 0.15) is 9.92 Å². The van der Waals surface area contributed by atoms with Gasteiger partial charge in [-0.1, -0.05) is 11.6 Å². The Labute approximate surface area is 90.4 Å². The molecule has 0 saturated heterocycles. The van der Waals surface area contributed by atoms with Gasteiger partial charge in [0.05, 0.1) is 4.92 Å². The number of nitrogens with zero attached hydrogens (tertiary/aromatic N) is 1. The molecule has 1 rings (SSSR count). The van der Waals surface area contributed by atoms with Crippen LogP contribution in [0.1, 0.15) is 5.56 Å². The number of benzene rings is 1. The summed E-state index contributed by atoms with van der Waals surface area (Å²) in [5.74, 6) is 0. The number of rotatable bonds is 2. The third kappa shape index (κ3) is 2.44. The smallest absolute Gasteiger partial charge is 0.282 e. The van der Waals surface area contributed by atoms with Crippen molar-refractivity contribution in [2.75, 3.05) is 0 Å². The first-order chi connectivity index (χ1) is 6.73. The molecule has 0 radical (unpaired) electrons. The summed E-state index contributed by atoms with van der Waals surface area (Å²) in [7, 11) is -4.46. The van der Waals surface area contributed by atoms with Crippen LogP contribution in [0, 0.1) is 17.0 Å². The van der Waals surface area contributed by atoms with E-state index in [1.54, 1.807) is 0 Å². The Morgan fingerprint density at radius 3 is 2.40 bits per heavy atom. The summed E-state index contributed by atoms with van der Waals surface area (Å²) < 4.78 is 30.2. The molecule has 0 aromatic heterocycles. The van der Waals surface area contributed by atoms with Crippen LogP contribution in [0.15, 0.2) is 17.0 Å². The highest BCUT2D eigenvalue weighted by Gasteiger charge is 2.20. The molecule has 0 bridgehead atoms. The molecule has 15 heavy (non-hydrogen) atoms. The second-order valence-corrected chi connectivity index (χ2v) is 4.60. The summed E-state index contributed by atoms with van der Waals surface area (Å²) in [5, 5.41) is 10.4. The molecule has 0 aliphatic carbocycles. The third-order valence-corrected chi connectivity index (χ3v) is 3.03. The van der Waals surface area contributed by atoms with Crippen molar-refractivity contribution in [2.45, 2.75) is 11.8 Å². The van der Waals surface area contributed by atoms with Crippen molar-refractivity contribution < 1.29 is 17.9 Å². The van der Waals surface area contributed by atoms with E-state index >= 15 is 0 Å². The maximum atomic E-state index is 10.8. The second-order valence-electron chi connectivity index (χ2n) is 2.81. The lowest BCUT2D eigenvalue weighted by molar-refractivity contribution is -0.385. The van der Waals surface area contributed by atoms with Gasteiger partial charge in [0.2, 0.25) is 0 Å². The normalized spacial score (nSPS) is 11.4. The van der Waals surface area contributed by atoms with E-state index in [1.807, 2.05) is 0 Å². The number of nitro benzene ring substituents is 1. The molecule has 82 valence electrons. The lowest BCUT2D eigenvalue weighted by Gasteiger charge is -2.02. The Kier molecular flexibility index (Phi) is 2.98. The van der Waals surface area contributed by atoms with E-state index in [1.165, 1.54) is 6.92 Å². The van der Waals surface area contributed by atoms with Crippen LogP contribution >= 0.6 is 11.6 Å². The maximum absolute atomic E-state index is 10.8. The Bertz CT molecular complexity index is 524. The standard InChI is InChI=1S/C7H6ClNO5S/c1-4-2-5(15(12,13)14)3-6(7(4)8)9(10)11/h2-3H,1H3,(H,12,13,14). The number of hydrogen-bond donors (Lipinski definition) is 1. The van der Waals surface area contributed by atoms with Crippen LogP contribution in [0.3, 0.4) is 0 Å². The Balaban J connectivity index is 3.57. The molecule has 0 aliphatic heterocycles. The SMILES string of the molecule is Cc1cc(S(=O)(=O)O)cc([N+](=O)[O-])c1Cl. The average Bonchev–Trinajstić information content (AvgIpc) is 2.06. The van der Waals surface area contributed by atoms with Crippen molar-refractivity contribution in [2.24, 2.45) is 0 Å². The first-order valence-corrected chi connectivity index (χ1v) is 5.47. The van der Waals surface area contributed by atoms with Crippen LogP contribution in [-0.4, -0.2) is 17.9 Å². The Morgan fingerprint density at radius 2 is 2.00 bits per heavy atom. The van der Waals surface area contributed by atoms with E-state index in [0.717, 1.165) is 6.07 Å². The molecule has 0 heterocycles. The fourth-order valence-corrected chi connectivity index (χ4v) is 1.76. The highest BCUT2D eigenvalue weighted by atomic mass is 35.5. The van der Waals surface area contributed by atoms with Gasteiger partial charge in [0.25, 0.3) is 15.8 Å². The molecule has 1 aromatic rings. The monoisotopic (exact) mass is 251 g/mol. The largest absolute Gasteiger partial charge is 0.294 e. The molecule has 0 amide bonds. The summed E-state index contributed by atoms with van der Waals surface area (Å²) in [5.41, 5.74) is -0.345.